The van der Waals surface area contributed by atoms with Gasteiger partial charge in [-0.1, -0.05) is 6.07 Å². The summed E-state index contributed by atoms with van der Waals surface area (Å²) >= 11 is 0. The number of imidazole rings is 1. The van der Waals surface area contributed by atoms with E-state index >= 15 is 0 Å². The Morgan fingerprint density at radius 1 is 1.30 bits per heavy atom. The fourth-order valence-corrected chi connectivity index (χ4v) is 3.46. The molecule has 0 radical (unpaired) electrons. The molecule has 4 rings (SSSR count). The fourth-order valence-electron chi connectivity index (χ4n) is 3.46. The summed E-state index contributed by atoms with van der Waals surface area (Å²) in [7, 11) is 1.97. The smallest absolute Gasteiger partial charge is 0.253 e. The monoisotopic (exact) mass is 367 g/mol. The molecule has 7 heteroatoms. The molecule has 0 aromatic carbocycles. The number of carbonyl (C=O) groups is 1. The van der Waals surface area contributed by atoms with Crippen LogP contribution in [0, 0.1) is 6.92 Å². The van der Waals surface area contributed by atoms with Crippen LogP contribution in [-0.2, 0) is 11.8 Å². The molecular weight excluding hydrogens is 342 g/mol. The van der Waals surface area contributed by atoms with Gasteiger partial charge in [0.2, 0.25) is 0 Å². The largest absolute Gasteiger partial charge is 0.379 e. The number of carbonyl (C=O) groups excluding carboxylic acids is 1. The molecule has 1 saturated heterocycles. The van der Waals surface area contributed by atoms with E-state index in [1.807, 2.05) is 59.6 Å². The van der Waals surface area contributed by atoms with Crippen LogP contribution in [0.3, 0.4) is 0 Å². The molecule has 0 saturated carbocycles. The summed E-state index contributed by atoms with van der Waals surface area (Å²) in [5.41, 5.74) is 3.35. The van der Waals surface area contributed by atoms with Gasteiger partial charge < -0.3 is 19.0 Å². The third kappa shape index (κ3) is 3.61. The van der Waals surface area contributed by atoms with Crippen molar-refractivity contribution < 1.29 is 9.53 Å². The molecule has 3 aromatic rings. The van der Waals surface area contributed by atoms with Crippen molar-refractivity contribution in [2.75, 3.05) is 39.4 Å². The summed E-state index contributed by atoms with van der Waals surface area (Å²) in [6.07, 6.45) is 3.96. The summed E-state index contributed by atoms with van der Waals surface area (Å²) < 4.78 is 9.37. The number of rotatable bonds is 5. The van der Waals surface area contributed by atoms with Crippen molar-refractivity contribution in [2.45, 2.75) is 6.92 Å². The van der Waals surface area contributed by atoms with Gasteiger partial charge in [0.05, 0.1) is 30.0 Å². The molecule has 7 nitrogen and oxygen atoms in total. The first kappa shape index (κ1) is 17.8. The van der Waals surface area contributed by atoms with E-state index < -0.39 is 0 Å². The highest BCUT2D eigenvalue weighted by atomic mass is 16.5. The van der Waals surface area contributed by atoms with Gasteiger partial charge in [-0.25, -0.2) is 4.98 Å². The Morgan fingerprint density at radius 2 is 2.11 bits per heavy atom. The SMILES string of the molecule is Cc1nc(-c2cc(C(=O)NCCN3CCOCC3)c3ccccn23)cn1C. The second-order valence-corrected chi connectivity index (χ2v) is 6.89. The number of hydrogen-bond donors (Lipinski definition) is 1. The Kier molecular flexibility index (Phi) is 4.96. The summed E-state index contributed by atoms with van der Waals surface area (Å²) in [6.45, 7) is 6.82. The maximum atomic E-state index is 12.8. The third-order valence-electron chi connectivity index (χ3n) is 5.11. The zero-order valence-corrected chi connectivity index (χ0v) is 15.8. The lowest BCUT2D eigenvalue weighted by Gasteiger charge is -2.26. The van der Waals surface area contributed by atoms with Gasteiger partial charge in [0.25, 0.3) is 5.91 Å². The van der Waals surface area contributed by atoms with Gasteiger partial charge in [-0.3, -0.25) is 9.69 Å². The lowest BCUT2D eigenvalue weighted by Crippen LogP contribution is -2.41. The number of fused-ring (bicyclic) bond motifs is 1. The molecule has 0 unspecified atom stereocenters. The van der Waals surface area contributed by atoms with Crippen molar-refractivity contribution in [1.82, 2.24) is 24.2 Å². The van der Waals surface area contributed by atoms with Gasteiger partial charge in [0.1, 0.15) is 11.5 Å². The molecule has 27 heavy (non-hydrogen) atoms. The number of amides is 1. The second kappa shape index (κ2) is 7.54. The fraction of sp³-hybridized carbons (Fsp3) is 0.400. The van der Waals surface area contributed by atoms with Gasteiger partial charge in [0.15, 0.2) is 0 Å². The van der Waals surface area contributed by atoms with E-state index in [0.29, 0.717) is 12.1 Å². The van der Waals surface area contributed by atoms with Crippen LogP contribution in [0.2, 0.25) is 0 Å². The van der Waals surface area contributed by atoms with E-state index in [2.05, 4.69) is 15.2 Å². The molecule has 3 aromatic heterocycles. The van der Waals surface area contributed by atoms with Gasteiger partial charge >= 0.3 is 0 Å². The van der Waals surface area contributed by atoms with Gasteiger partial charge in [0, 0.05) is 45.6 Å². The molecular formula is C20H25N5O2. The van der Waals surface area contributed by atoms with Crippen LogP contribution in [0.1, 0.15) is 16.2 Å². The zero-order valence-electron chi connectivity index (χ0n) is 15.8. The van der Waals surface area contributed by atoms with Crippen LogP contribution in [0.4, 0.5) is 0 Å². The van der Waals surface area contributed by atoms with Crippen LogP contribution in [0.25, 0.3) is 16.9 Å². The van der Waals surface area contributed by atoms with E-state index in [1.54, 1.807) is 0 Å². The number of nitrogens with one attached hydrogen (secondary N) is 1. The minimum atomic E-state index is -0.0501. The molecule has 142 valence electrons. The minimum absolute atomic E-state index is 0.0501. The van der Waals surface area contributed by atoms with Crippen LogP contribution in [-0.4, -0.2) is 64.2 Å². The summed E-state index contributed by atoms with van der Waals surface area (Å²) in [4.78, 5) is 19.8. The highest BCUT2D eigenvalue weighted by Crippen LogP contribution is 2.25. The Morgan fingerprint density at radius 3 is 2.85 bits per heavy atom. The Bertz CT molecular complexity index is 933. The Balaban J connectivity index is 1.55. The zero-order chi connectivity index (χ0) is 18.8. The van der Waals surface area contributed by atoms with Crippen molar-refractivity contribution in [3.05, 3.63) is 48.0 Å². The van der Waals surface area contributed by atoms with Gasteiger partial charge in [-0.2, -0.15) is 0 Å². The van der Waals surface area contributed by atoms with Crippen molar-refractivity contribution in [2.24, 2.45) is 7.05 Å². The normalized spacial score (nSPS) is 15.3. The van der Waals surface area contributed by atoms with Gasteiger partial charge in [-0.15, -0.1) is 0 Å². The number of pyridine rings is 1. The van der Waals surface area contributed by atoms with E-state index in [9.17, 15) is 4.79 Å². The number of morpholine rings is 1. The van der Waals surface area contributed by atoms with Gasteiger partial charge in [-0.05, 0) is 25.1 Å². The van der Waals surface area contributed by atoms with Crippen molar-refractivity contribution in [3.63, 3.8) is 0 Å². The van der Waals surface area contributed by atoms with Crippen LogP contribution >= 0.6 is 0 Å². The Labute approximate surface area is 158 Å². The molecule has 0 spiro atoms. The van der Waals surface area contributed by atoms with Crippen LogP contribution < -0.4 is 5.32 Å². The first-order chi connectivity index (χ1) is 13.1. The maximum Gasteiger partial charge on any atom is 0.253 e. The molecule has 1 fully saturated rings. The predicted octanol–water partition coefficient (Wildman–Crippen LogP) is 1.71. The van der Waals surface area contributed by atoms with E-state index in [4.69, 9.17) is 4.74 Å². The highest BCUT2D eigenvalue weighted by molar-refractivity contribution is 6.02. The lowest BCUT2D eigenvalue weighted by molar-refractivity contribution is 0.0383. The average Bonchev–Trinajstić information content (AvgIpc) is 3.23. The lowest BCUT2D eigenvalue weighted by atomic mass is 10.2. The van der Waals surface area contributed by atoms with Crippen molar-refractivity contribution in [3.8, 4) is 11.4 Å². The minimum Gasteiger partial charge on any atom is -0.379 e. The quantitative estimate of drug-likeness (QED) is 0.746. The molecule has 4 heterocycles. The number of nitrogens with zero attached hydrogens (tertiary/aromatic N) is 4. The molecule has 1 aliphatic heterocycles. The number of hydrogen-bond acceptors (Lipinski definition) is 4. The summed E-state index contributed by atoms with van der Waals surface area (Å²) in [5.74, 6) is 0.887. The van der Waals surface area contributed by atoms with Crippen molar-refractivity contribution >= 4 is 11.4 Å². The van der Waals surface area contributed by atoms with Crippen LogP contribution in [0.15, 0.2) is 36.7 Å². The molecule has 1 N–H and O–H groups in total. The average molecular weight is 367 g/mol. The summed E-state index contributed by atoms with van der Waals surface area (Å²) in [6, 6.07) is 7.82. The van der Waals surface area contributed by atoms with E-state index in [1.165, 1.54) is 0 Å². The highest BCUT2D eigenvalue weighted by Gasteiger charge is 2.18. The predicted molar refractivity (Wildman–Crippen MR) is 104 cm³/mol. The standard InChI is InChI=1S/C20H25N5O2/c1-15-22-17(14-23(15)2)19-13-16(18-5-3-4-7-25(18)19)20(26)21-6-8-24-9-11-27-12-10-24/h3-5,7,13-14H,6,8-12H2,1-2H3,(H,21,26). The number of aryl methyl sites for hydroxylation is 2. The topological polar surface area (TPSA) is 63.8 Å². The molecule has 0 aliphatic carbocycles. The van der Waals surface area contributed by atoms with E-state index in [0.717, 1.165) is 55.6 Å². The Hall–Kier alpha value is -2.64. The maximum absolute atomic E-state index is 12.8. The second-order valence-electron chi connectivity index (χ2n) is 6.89. The van der Waals surface area contributed by atoms with Crippen LogP contribution in [0.5, 0.6) is 0 Å². The molecule has 0 atom stereocenters. The summed E-state index contributed by atoms with van der Waals surface area (Å²) in [5, 5.41) is 3.06. The first-order valence-electron chi connectivity index (χ1n) is 9.32. The first-order valence-corrected chi connectivity index (χ1v) is 9.32. The molecule has 1 amide bonds. The number of aromatic nitrogens is 3. The number of ether oxygens (including phenoxy) is 1. The third-order valence-corrected chi connectivity index (χ3v) is 5.11. The van der Waals surface area contributed by atoms with E-state index in [-0.39, 0.29) is 5.91 Å². The molecule has 1 aliphatic rings. The van der Waals surface area contributed by atoms with Crippen molar-refractivity contribution in [1.29, 1.82) is 0 Å². The molecule has 0 bridgehead atoms.